The number of thiocarbonyl (C=S) groups is 2. The monoisotopic (exact) mass is 284 g/mol. The minimum Gasteiger partial charge on any atom is -0.478 e. The maximum atomic E-state index is 11.2. The Bertz CT molecular complexity index is 532. The van der Waals surface area contributed by atoms with Crippen molar-refractivity contribution >= 4 is 46.4 Å². The molecule has 1 aromatic carbocycles. The summed E-state index contributed by atoms with van der Waals surface area (Å²) in [5.74, 6) is -2.74. The summed E-state index contributed by atoms with van der Waals surface area (Å²) < 4.78 is 0. The van der Waals surface area contributed by atoms with Crippen molar-refractivity contribution in [3.05, 3.63) is 34.4 Å². The van der Waals surface area contributed by atoms with Crippen LogP contribution >= 0.6 is 24.4 Å². The van der Waals surface area contributed by atoms with E-state index in [1.165, 1.54) is 6.07 Å². The Morgan fingerprint density at radius 1 is 0.889 bits per heavy atom. The highest BCUT2D eigenvalue weighted by molar-refractivity contribution is 7.81. The van der Waals surface area contributed by atoms with Gasteiger partial charge in [0, 0.05) is 11.1 Å². The van der Waals surface area contributed by atoms with Crippen molar-refractivity contribution < 1.29 is 19.8 Å². The van der Waals surface area contributed by atoms with Gasteiger partial charge in [0.05, 0.1) is 11.1 Å². The molecule has 0 amide bonds. The molecule has 6 nitrogen and oxygen atoms in total. The first-order chi connectivity index (χ1) is 8.27. The fourth-order valence-corrected chi connectivity index (χ4v) is 1.85. The van der Waals surface area contributed by atoms with Gasteiger partial charge in [0.2, 0.25) is 0 Å². The quantitative estimate of drug-likeness (QED) is 0.583. The van der Waals surface area contributed by atoms with Crippen LogP contribution in [0.2, 0.25) is 0 Å². The van der Waals surface area contributed by atoms with Crippen LogP contribution in [0.1, 0.15) is 31.8 Å². The topological polar surface area (TPSA) is 127 Å². The Hall–Kier alpha value is -2.06. The van der Waals surface area contributed by atoms with Gasteiger partial charge >= 0.3 is 11.9 Å². The van der Waals surface area contributed by atoms with Gasteiger partial charge < -0.3 is 21.7 Å². The number of hydrogen-bond donors (Lipinski definition) is 4. The predicted octanol–water partition coefficient (Wildman–Crippen LogP) is 0.351. The third kappa shape index (κ3) is 2.44. The van der Waals surface area contributed by atoms with Crippen LogP contribution in [0.15, 0.2) is 12.1 Å². The van der Waals surface area contributed by atoms with E-state index in [9.17, 15) is 9.59 Å². The average molecular weight is 284 g/mol. The summed E-state index contributed by atoms with van der Waals surface area (Å²) in [6.45, 7) is 0. The number of carbonyl (C=O) groups is 2. The molecule has 1 aromatic rings. The predicted molar refractivity (Wildman–Crippen MR) is 72.1 cm³/mol. The zero-order chi connectivity index (χ0) is 14.0. The van der Waals surface area contributed by atoms with Gasteiger partial charge in [-0.3, -0.25) is 0 Å². The van der Waals surface area contributed by atoms with Crippen LogP contribution in [0.25, 0.3) is 0 Å². The van der Waals surface area contributed by atoms with Gasteiger partial charge in [-0.2, -0.15) is 0 Å². The first-order valence-electron chi connectivity index (χ1n) is 4.50. The van der Waals surface area contributed by atoms with Crippen molar-refractivity contribution in [2.45, 2.75) is 0 Å². The average Bonchev–Trinajstić information content (AvgIpc) is 2.26. The molecule has 94 valence electrons. The molecule has 0 aliphatic heterocycles. The Balaban J connectivity index is 3.82. The van der Waals surface area contributed by atoms with E-state index in [2.05, 4.69) is 12.2 Å². The van der Waals surface area contributed by atoms with Crippen molar-refractivity contribution in [2.24, 2.45) is 11.5 Å². The summed E-state index contributed by atoms with van der Waals surface area (Å²) in [5.41, 5.74) is 9.83. The summed E-state index contributed by atoms with van der Waals surface area (Å²) in [6, 6.07) is 2.38. The molecular weight excluding hydrogens is 276 g/mol. The molecule has 0 spiro atoms. The molecule has 6 N–H and O–H groups in total. The van der Waals surface area contributed by atoms with Crippen LogP contribution in [0.5, 0.6) is 0 Å². The second kappa shape index (κ2) is 5.07. The van der Waals surface area contributed by atoms with Crippen LogP contribution in [0.3, 0.4) is 0 Å². The second-order valence-electron chi connectivity index (χ2n) is 3.25. The van der Waals surface area contributed by atoms with Crippen molar-refractivity contribution in [2.75, 3.05) is 0 Å². The van der Waals surface area contributed by atoms with Gasteiger partial charge in [-0.15, -0.1) is 0 Å². The zero-order valence-electron chi connectivity index (χ0n) is 8.84. The lowest BCUT2D eigenvalue weighted by molar-refractivity contribution is 0.0695. The summed E-state index contributed by atoms with van der Waals surface area (Å²) >= 11 is 9.40. The van der Waals surface area contributed by atoms with Crippen molar-refractivity contribution in [1.29, 1.82) is 0 Å². The summed E-state index contributed by atoms with van der Waals surface area (Å²) in [5, 5.41) is 18.1. The Morgan fingerprint density at radius 3 is 1.72 bits per heavy atom. The SMILES string of the molecule is NC(=S)c1ccc(C(=O)O)c(C(N)=S)c1C(=O)O. The molecule has 0 heterocycles. The molecule has 0 bridgehead atoms. The van der Waals surface area contributed by atoms with Crippen LogP contribution in [-0.2, 0) is 0 Å². The molecule has 0 fully saturated rings. The van der Waals surface area contributed by atoms with Crippen LogP contribution in [0, 0.1) is 0 Å². The van der Waals surface area contributed by atoms with Gasteiger partial charge in [-0.05, 0) is 6.07 Å². The van der Waals surface area contributed by atoms with E-state index in [1.807, 2.05) is 0 Å². The Labute approximate surface area is 112 Å². The number of hydrogen-bond acceptors (Lipinski definition) is 4. The second-order valence-corrected chi connectivity index (χ2v) is 4.13. The smallest absolute Gasteiger partial charge is 0.337 e. The lowest BCUT2D eigenvalue weighted by Crippen LogP contribution is -2.24. The van der Waals surface area contributed by atoms with Crippen molar-refractivity contribution in [3.63, 3.8) is 0 Å². The molecule has 0 saturated heterocycles. The number of nitrogens with two attached hydrogens (primary N) is 2. The van der Waals surface area contributed by atoms with Crippen molar-refractivity contribution in [3.8, 4) is 0 Å². The first kappa shape index (κ1) is 14.0. The highest BCUT2D eigenvalue weighted by atomic mass is 32.1. The van der Waals surface area contributed by atoms with E-state index in [1.54, 1.807) is 0 Å². The minimum atomic E-state index is -1.40. The molecule has 0 atom stereocenters. The van der Waals surface area contributed by atoms with E-state index < -0.39 is 17.5 Å². The molecular formula is C10H8N2O4S2. The maximum absolute atomic E-state index is 11.2. The molecule has 8 heteroatoms. The highest BCUT2D eigenvalue weighted by Crippen LogP contribution is 2.20. The van der Waals surface area contributed by atoms with E-state index >= 15 is 0 Å². The van der Waals surface area contributed by atoms with Gasteiger partial charge in [0.1, 0.15) is 9.98 Å². The summed E-state index contributed by atoms with van der Waals surface area (Å²) in [6.07, 6.45) is 0. The number of benzene rings is 1. The standard InChI is InChI=1S/C10H8N2O4S2/c11-7(17)3-1-2-4(9(13)14)5(8(12)18)6(3)10(15)16/h1-2H,(H2,11,17)(H2,12,18)(H,13,14)(H,15,16). The normalized spacial score (nSPS) is 9.78. The van der Waals surface area contributed by atoms with Gasteiger partial charge in [0.25, 0.3) is 0 Å². The maximum Gasteiger partial charge on any atom is 0.337 e. The van der Waals surface area contributed by atoms with E-state index in [-0.39, 0.29) is 26.7 Å². The largest absolute Gasteiger partial charge is 0.478 e. The minimum absolute atomic E-state index is 0.0188. The van der Waals surface area contributed by atoms with Gasteiger partial charge in [-0.25, -0.2) is 9.59 Å². The van der Waals surface area contributed by atoms with E-state index in [0.717, 1.165) is 6.07 Å². The van der Waals surface area contributed by atoms with Gasteiger partial charge in [-0.1, -0.05) is 30.5 Å². The zero-order valence-corrected chi connectivity index (χ0v) is 10.5. The van der Waals surface area contributed by atoms with Gasteiger partial charge in [0.15, 0.2) is 0 Å². The third-order valence-corrected chi connectivity index (χ3v) is 2.59. The fourth-order valence-electron chi connectivity index (χ4n) is 1.46. The molecule has 0 aliphatic rings. The van der Waals surface area contributed by atoms with E-state index in [0.29, 0.717) is 0 Å². The number of carboxylic acid groups (broad SMARTS) is 2. The van der Waals surface area contributed by atoms with Crippen LogP contribution < -0.4 is 11.5 Å². The molecule has 0 unspecified atom stereocenters. The molecule has 0 aliphatic carbocycles. The highest BCUT2D eigenvalue weighted by Gasteiger charge is 2.24. The molecule has 18 heavy (non-hydrogen) atoms. The Morgan fingerprint density at radius 2 is 1.39 bits per heavy atom. The molecule has 0 saturated carbocycles. The Kier molecular flexibility index (Phi) is 3.94. The number of rotatable bonds is 4. The summed E-state index contributed by atoms with van der Waals surface area (Å²) in [4.78, 5) is 21.7. The lowest BCUT2D eigenvalue weighted by atomic mass is 9.95. The van der Waals surface area contributed by atoms with Crippen molar-refractivity contribution in [1.82, 2.24) is 0 Å². The third-order valence-electron chi connectivity index (χ3n) is 2.16. The molecule has 0 aromatic heterocycles. The first-order valence-corrected chi connectivity index (χ1v) is 5.32. The number of carboxylic acids is 2. The van der Waals surface area contributed by atoms with E-state index in [4.69, 9.17) is 33.9 Å². The fraction of sp³-hybridized carbons (Fsp3) is 0. The summed E-state index contributed by atoms with van der Waals surface area (Å²) in [7, 11) is 0. The van der Waals surface area contributed by atoms with Crippen LogP contribution in [0.4, 0.5) is 0 Å². The van der Waals surface area contributed by atoms with Crippen LogP contribution in [-0.4, -0.2) is 32.1 Å². The molecule has 1 rings (SSSR count). The number of aromatic carboxylic acids is 2. The lowest BCUT2D eigenvalue weighted by Gasteiger charge is -2.12. The molecule has 0 radical (unpaired) electrons.